The van der Waals surface area contributed by atoms with Crippen molar-refractivity contribution in [3.05, 3.63) is 0 Å². The van der Waals surface area contributed by atoms with E-state index in [4.69, 9.17) is 10.2 Å². The first kappa shape index (κ1) is 8.40. The van der Waals surface area contributed by atoms with Gasteiger partial charge in [-0.05, 0) is 0 Å². The largest absolute Gasteiger partial charge is 0.365 e. The second kappa shape index (κ2) is 3.43. The van der Waals surface area contributed by atoms with Gasteiger partial charge in [-0.25, -0.2) is 0 Å². The van der Waals surface area contributed by atoms with E-state index in [0.717, 1.165) is 6.42 Å². The van der Waals surface area contributed by atoms with E-state index in [1.165, 1.54) is 0 Å². The standard InChI is InChI=1S/C5H11BrO2/c1-2-3-5(7,8)4-6/h7-8H,2-4H2,1H3. The Morgan fingerprint density at radius 3 is 2.12 bits per heavy atom. The van der Waals surface area contributed by atoms with Crippen molar-refractivity contribution in [3.8, 4) is 0 Å². The third kappa shape index (κ3) is 3.41. The van der Waals surface area contributed by atoms with Crippen LogP contribution in [-0.2, 0) is 0 Å². The van der Waals surface area contributed by atoms with Crippen LogP contribution in [0.25, 0.3) is 0 Å². The molecule has 8 heavy (non-hydrogen) atoms. The van der Waals surface area contributed by atoms with Crippen LogP contribution in [0.4, 0.5) is 0 Å². The van der Waals surface area contributed by atoms with Gasteiger partial charge in [-0.15, -0.1) is 0 Å². The van der Waals surface area contributed by atoms with Crippen LogP contribution in [0.2, 0.25) is 0 Å². The van der Waals surface area contributed by atoms with Crippen molar-refractivity contribution in [2.75, 3.05) is 5.33 Å². The van der Waals surface area contributed by atoms with Gasteiger partial charge in [0.1, 0.15) is 0 Å². The first-order chi connectivity index (χ1) is 3.62. The molecule has 0 aliphatic rings. The van der Waals surface area contributed by atoms with Crippen LogP contribution in [0.15, 0.2) is 0 Å². The molecule has 0 aliphatic carbocycles. The molecule has 2 nitrogen and oxygen atoms in total. The highest BCUT2D eigenvalue weighted by Crippen LogP contribution is 2.10. The second-order valence-corrected chi connectivity index (χ2v) is 2.43. The lowest BCUT2D eigenvalue weighted by Gasteiger charge is -2.16. The molecule has 0 aromatic heterocycles. The van der Waals surface area contributed by atoms with Gasteiger partial charge in [0.25, 0.3) is 0 Å². The maximum atomic E-state index is 8.83. The minimum atomic E-state index is -1.49. The molecular formula is C5H11BrO2. The first-order valence-corrected chi connectivity index (χ1v) is 3.75. The highest BCUT2D eigenvalue weighted by atomic mass is 79.9. The lowest BCUT2D eigenvalue weighted by Crippen LogP contribution is -2.29. The molecule has 0 fully saturated rings. The predicted molar refractivity (Wildman–Crippen MR) is 35.9 cm³/mol. The van der Waals surface area contributed by atoms with Crippen molar-refractivity contribution in [2.45, 2.75) is 25.6 Å². The lowest BCUT2D eigenvalue weighted by molar-refractivity contribution is -0.143. The molecular weight excluding hydrogens is 172 g/mol. The summed E-state index contributed by atoms with van der Waals surface area (Å²) in [6, 6.07) is 0. The fourth-order valence-corrected chi connectivity index (χ4v) is 0.748. The topological polar surface area (TPSA) is 40.5 Å². The molecule has 0 unspecified atom stereocenters. The maximum Gasteiger partial charge on any atom is 0.172 e. The average Bonchev–Trinajstić information content (AvgIpc) is 1.67. The summed E-state index contributed by atoms with van der Waals surface area (Å²) in [7, 11) is 0. The average molecular weight is 183 g/mol. The minimum absolute atomic E-state index is 0.230. The van der Waals surface area contributed by atoms with Crippen LogP contribution in [-0.4, -0.2) is 21.3 Å². The van der Waals surface area contributed by atoms with Crippen LogP contribution in [0.5, 0.6) is 0 Å². The summed E-state index contributed by atoms with van der Waals surface area (Å²) in [5.74, 6) is -1.49. The number of hydrogen-bond acceptors (Lipinski definition) is 2. The van der Waals surface area contributed by atoms with Crippen molar-refractivity contribution in [1.29, 1.82) is 0 Å². The molecule has 0 heterocycles. The summed E-state index contributed by atoms with van der Waals surface area (Å²) in [5, 5.41) is 17.9. The van der Waals surface area contributed by atoms with Gasteiger partial charge >= 0.3 is 0 Å². The van der Waals surface area contributed by atoms with E-state index in [-0.39, 0.29) is 5.33 Å². The van der Waals surface area contributed by atoms with Gasteiger partial charge in [0.2, 0.25) is 0 Å². The number of alkyl halides is 1. The molecule has 2 N–H and O–H groups in total. The van der Waals surface area contributed by atoms with Crippen LogP contribution in [0, 0.1) is 0 Å². The van der Waals surface area contributed by atoms with Crippen molar-refractivity contribution in [2.24, 2.45) is 0 Å². The number of halogens is 1. The third-order valence-electron chi connectivity index (χ3n) is 0.864. The van der Waals surface area contributed by atoms with Crippen molar-refractivity contribution in [1.82, 2.24) is 0 Å². The Morgan fingerprint density at radius 1 is 1.50 bits per heavy atom. The molecule has 0 amide bonds. The van der Waals surface area contributed by atoms with E-state index in [2.05, 4.69) is 15.9 Å². The van der Waals surface area contributed by atoms with E-state index < -0.39 is 5.79 Å². The minimum Gasteiger partial charge on any atom is -0.365 e. The summed E-state index contributed by atoms with van der Waals surface area (Å²) >= 11 is 2.97. The summed E-state index contributed by atoms with van der Waals surface area (Å²) in [6.07, 6.45) is 1.22. The van der Waals surface area contributed by atoms with Gasteiger partial charge in [0.05, 0.1) is 5.33 Å². The van der Waals surface area contributed by atoms with Gasteiger partial charge < -0.3 is 10.2 Å². The number of aliphatic hydroxyl groups is 2. The van der Waals surface area contributed by atoms with Gasteiger partial charge in [-0.1, -0.05) is 29.3 Å². The quantitative estimate of drug-likeness (QED) is 0.503. The molecule has 0 aromatic carbocycles. The van der Waals surface area contributed by atoms with Gasteiger partial charge in [0, 0.05) is 6.42 Å². The molecule has 0 rings (SSSR count). The Kier molecular flexibility index (Phi) is 3.60. The molecule has 0 saturated heterocycles. The molecule has 50 valence electrons. The molecule has 3 heteroatoms. The lowest BCUT2D eigenvalue weighted by atomic mass is 10.2. The van der Waals surface area contributed by atoms with E-state index in [9.17, 15) is 0 Å². The molecule has 0 radical (unpaired) electrons. The third-order valence-corrected chi connectivity index (χ3v) is 1.76. The zero-order valence-electron chi connectivity index (χ0n) is 4.89. The Hall–Kier alpha value is 0.400. The Labute approximate surface area is 57.7 Å². The van der Waals surface area contributed by atoms with Gasteiger partial charge in [-0.3, -0.25) is 0 Å². The van der Waals surface area contributed by atoms with Crippen molar-refractivity contribution in [3.63, 3.8) is 0 Å². The van der Waals surface area contributed by atoms with E-state index in [0.29, 0.717) is 6.42 Å². The van der Waals surface area contributed by atoms with Crippen LogP contribution < -0.4 is 0 Å². The molecule has 0 spiro atoms. The Balaban J connectivity index is 3.37. The van der Waals surface area contributed by atoms with Crippen LogP contribution in [0.1, 0.15) is 19.8 Å². The molecule has 0 aliphatic heterocycles. The van der Waals surface area contributed by atoms with Crippen molar-refractivity contribution < 1.29 is 10.2 Å². The van der Waals surface area contributed by atoms with Gasteiger partial charge in [-0.2, -0.15) is 0 Å². The highest BCUT2D eigenvalue weighted by molar-refractivity contribution is 9.09. The summed E-state index contributed by atoms with van der Waals surface area (Å²) in [6.45, 7) is 1.91. The SMILES string of the molecule is CCCC(O)(O)CBr. The fourth-order valence-electron chi connectivity index (χ4n) is 0.467. The number of hydrogen-bond donors (Lipinski definition) is 2. The second-order valence-electron chi connectivity index (χ2n) is 1.87. The maximum absolute atomic E-state index is 8.83. The Morgan fingerprint density at radius 2 is 2.00 bits per heavy atom. The molecule has 0 aromatic rings. The van der Waals surface area contributed by atoms with Crippen LogP contribution in [0.3, 0.4) is 0 Å². The summed E-state index contributed by atoms with van der Waals surface area (Å²) in [5.41, 5.74) is 0. The Bertz CT molecular complexity index is 63.4. The monoisotopic (exact) mass is 182 g/mol. The summed E-state index contributed by atoms with van der Waals surface area (Å²) in [4.78, 5) is 0. The fraction of sp³-hybridized carbons (Fsp3) is 1.00. The molecule has 0 atom stereocenters. The van der Waals surface area contributed by atoms with Crippen molar-refractivity contribution >= 4 is 15.9 Å². The van der Waals surface area contributed by atoms with E-state index in [1.54, 1.807) is 0 Å². The van der Waals surface area contributed by atoms with Gasteiger partial charge in [0.15, 0.2) is 5.79 Å². The highest BCUT2D eigenvalue weighted by Gasteiger charge is 2.18. The normalized spacial score (nSPS) is 12.0. The molecule has 0 bridgehead atoms. The smallest absolute Gasteiger partial charge is 0.172 e. The van der Waals surface area contributed by atoms with E-state index in [1.807, 2.05) is 6.92 Å². The zero-order chi connectivity index (χ0) is 6.62. The summed E-state index contributed by atoms with van der Waals surface area (Å²) < 4.78 is 0. The number of rotatable bonds is 3. The van der Waals surface area contributed by atoms with Crippen LogP contribution >= 0.6 is 15.9 Å². The molecule has 0 saturated carbocycles. The first-order valence-electron chi connectivity index (χ1n) is 2.63. The van der Waals surface area contributed by atoms with E-state index >= 15 is 0 Å². The predicted octanol–water partition coefficient (Wildman–Crippen LogP) is 0.862. The zero-order valence-corrected chi connectivity index (χ0v) is 6.48.